The minimum absolute atomic E-state index is 0.106. The lowest BCUT2D eigenvalue weighted by Crippen LogP contribution is -2.15. The van der Waals surface area contributed by atoms with Crippen molar-refractivity contribution in [1.82, 2.24) is 5.32 Å². The van der Waals surface area contributed by atoms with Crippen molar-refractivity contribution in [3.63, 3.8) is 0 Å². The molecule has 0 heterocycles. The largest absolute Gasteiger partial charge is 0.310 e. The van der Waals surface area contributed by atoms with Crippen LogP contribution in [0.25, 0.3) is 0 Å². The SMILES string of the molecule is Fc1cc(CNC2CC2)cc(F)c1SCc1ccccc1. The standard InChI is InChI=1S/C17H17F2NS/c18-15-8-13(10-20-14-6-7-14)9-16(19)17(15)21-11-12-4-2-1-3-5-12/h1-5,8-9,14,20H,6-7,10-11H2. The molecule has 1 nitrogen and oxygen atoms in total. The second-order valence-corrected chi connectivity index (χ2v) is 6.30. The molecule has 110 valence electrons. The molecule has 21 heavy (non-hydrogen) atoms. The van der Waals surface area contributed by atoms with Crippen molar-refractivity contribution in [1.29, 1.82) is 0 Å². The second kappa shape index (κ2) is 6.58. The van der Waals surface area contributed by atoms with E-state index in [4.69, 9.17) is 0 Å². The molecule has 1 aliphatic carbocycles. The lowest BCUT2D eigenvalue weighted by molar-refractivity contribution is 0.534. The van der Waals surface area contributed by atoms with Crippen LogP contribution in [0.2, 0.25) is 0 Å². The van der Waals surface area contributed by atoms with E-state index in [1.54, 1.807) is 0 Å². The molecule has 4 heteroatoms. The van der Waals surface area contributed by atoms with Crippen LogP contribution >= 0.6 is 11.8 Å². The summed E-state index contributed by atoms with van der Waals surface area (Å²) in [5.74, 6) is -0.374. The van der Waals surface area contributed by atoms with Crippen molar-refractivity contribution in [3.05, 3.63) is 65.2 Å². The molecule has 1 N–H and O–H groups in total. The Hall–Kier alpha value is -1.39. The molecule has 0 atom stereocenters. The van der Waals surface area contributed by atoms with Crippen LogP contribution in [0.3, 0.4) is 0 Å². The van der Waals surface area contributed by atoms with Gasteiger partial charge in [0.1, 0.15) is 11.6 Å². The zero-order valence-corrected chi connectivity index (χ0v) is 12.4. The summed E-state index contributed by atoms with van der Waals surface area (Å²) in [7, 11) is 0. The van der Waals surface area contributed by atoms with E-state index in [0.717, 1.165) is 18.4 Å². The molecule has 0 aliphatic heterocycles. The van der Waals surface area contributed by atoms with Crippen LogP contribution in [0.4, 0.5) is 8.78 Å². The van der Waals surface area contributed by atoms with E-state index in [0.29, 0.717) is 23.9 Å². The van der Waals surface area contributed by atoms with E-state index in [2.05, 4.69) is 5.32 Å². The Balaban J connectivity index is 1.66. The number of hydrogen-bond acceptors (Lipinski definition) is 2. The van der Waals surface area contributed by atoms with Gasteiger partial charge >= 0.3 is 0 Å². The van der Waals surface area contributed by atoms with E-state index in [-0.39, 0.29) is 4.90 Å². The third-order valence-corrected chi connectivity index (χ3v) is 4.61. The highest BCUT2D eigenvalue weighted by molar-refractivity contribution is 7.98. The summed E-state index contributed by atoms with van der Waals surface area (Å²) in [5.41, 5.74) is 1.72. The molecule has 0 radical (unpaired) electrons. The molecule has 0 saturated heterocycles. The van der Waals surface area contributed by atoms with Crippen LogP contribution in [-0.2, 0) is 12.3 Å². The average molecular weight is 305 g/mol. The van der Waals surface area contributed by atoms with Gasteiger partial charge in [0.15, 0.2) is 0 Å². The maximum absolute atomic E-state index is 14.1. The summed E-state index contributed by atoms with van der Waals surface area (Å²) in [6.45, 7) is 0.530. The Morgan fingerprint density at radius 3 is 2.29 bits per heavy atom. The lowest BCUT2D eigenvalue weighted by atomic mass is 10.2. The third-order valence-electron chi connectivity index (χ3n) is 3.46. The lowest BCUT2D eigenvalue weighted by Gasteiger charge is -2.09. The molecule has 0 aromatic heterocycles. The van der Waals surface area contributed by atoms with Gasteiger partial charge in [-0.1, -0.05) is 30.3 Å². The van der Waals surface area contributed by atoms with Crippen molar-refractivity contribution in [2.75, 3.05) is 0 Å². The highest BCUT2D eigenvalue weighted by Crippen LogP contribution is 2.29. The highest BCUT2D eigenvalue weighted by Gasteiger charge is 2.20. The summed E-state index contributed by atoms with van der Waals surface area (Å²) in [5, 5.41) is 3.26. The van der Waals surface area contributed by atoms with Crippen LogP contribution < -0.4 is 5.32 Å². The third kappa shape index (κ3) is 4.05. The van der Waals surface area contributed by atoms with Gasteiger partial charge in [-0.3, -0.25) is 0 Å². The number of rotatable bonds is 6. The number of hydrogen-bond donors (Lipinski definition) is 1. The zero-order chi connectivity index (χ0) is 14.7. The summed E-state index contributed by atoms with van der Waals surface area (Å²) in [6, 6.07) is 13.1. The maximum Gasteiger partial charge on any atom is 0.140 e. The monoisotopic (exact) mass is 305 g/mol. The fraction of sp³-hybridized carbons (Fsp3) is 0.294. The van der Waals surface area contributed by atoms with Gasteiger partial charge in [-0.15, -0.1) is 11.8 Å². The minimum Gasteiger partial charge on any atom is -0.310 e. The molecule has 1 saturated carbocycles. The molecule has 0 unspecified atom stereocenters. The zero-order valence-electron chi connectivity index (χ0n) is 11.6. The van der Waals surface area contributed by atoms with Crippen molar-refractivity contribution in [2.45, 2.75) is 36.1 Å². The normalized spacial score (nSPS) is 14.4. The predicted molar refractivity (Wildman–Crippen MR) is 82.2 cm³/mol. The fourth-order valence-corrected chi connectivity index (χ4v) is 3.03. The topological polar surface area (TPSA) is 12.0 Å². The van der Waals surface area contributed by atoms with Gasteiger partial charge < -0.3 is 5.32 Å². The molecular formula is C17H17F2NS. The van der Waals surface area contributed by atoms with Gasteiger partial charge in [0.05, 0.1) is 4.90 Å². The quantitative estimate of drug-likeness (QED) is 0.788. The molecular weight excluding hydrogens is 288 g/mol. The molecule has 1 fully saturated rings. The Morgan fingerprint density at radius 1 is 1.00 bits per heavy atom. The first-order chi connectivity index (χ1) is 10.2. The van der Waals surface area contributed by atoms with Gasteiger partial charge in [0, 0.05) is 18.3 Å². The second-order valence-electron chi connectivity index (χ2n) is 5.32. The smallest absolute Gasteiger partial charge is 0.140 e. The first-order valence-corrected chi connectivity index (χ1v) is 8.09. The summed E-state index contributed by atoms with van der Waals surface area (Å²) < 4.78 is 28.1. The number of nitrogens with one attached hydrogen (secondary N) is 1. The van der Waals surface area contributed by atoms with E-state index >= 15 is 0 Å². The van der Waals surface area contributed by atoms with Crippen LogP contribution in [0, 0.1) is 11.6 Å². The van der Waals surface area contributed by atoms with Crippen LogP contribution in [0.5, 0.6) is 0 Å². The van der Waals surface area contributed by atoms with Crippen LogP contribution in [0.15, 0.2) is 47.4 Å². The Labute approximate surface area is 127 Å². The van der Waals surface area contributed by atoms with E-state index in [1.165, 1.54) is 23.9 Å². The molecule has 2 aromatic rings. The van der Waals surface area contributed by atoms with Crippen molar-refractivity contribution >= 4 is 11.8 Å². The van der Waals surface area contributed by atoms with Gasteiger partial charge in [-0.25, -0.2) is 8.78 Å². The molecule has 0 bridgehead atoms. The Bertz CT molecular complexity index is 588. The van der Waals surface area contributed by atoms with Gasteiger partial charge in [0.25, 0.3) is 0 Å². The van der Waals surface area contributed by atoms with Crippen LogP contribution in [-0.4, -0.2) is 6.04 Å². The molecule has 0 amide bonds. The summed E-state index contributed by atoms with van der Waals surface area (Å²) >= 11 is 1.20. The van der Waals surface area contributed by atoms with Crippen molar-refractivity contribution in [2.24, 2.45) is 0 Å². The molecule has 2 aromatic carbocycles. The minimum atomic E-state index is -0.469. The van der Waals surface area contributed by atoms with E-state index in [9.17, 15) is 8.78 Å². The number of halogens is 2. The van der Waals surface area contributed by atoms with Crippen molar-refractivity contribution in [3.8, 4) is 0 Å². The van der Waals surface area contributed by atoms with E-state index < -0.39 is 11.6 Å². The van der Waals surface area contributed by atoms with Crippen LogP contribution in [0.1, 0.15) is 24.0 Å². The summed E-state index contributed by atoms with van der Waals surface area (Å²) in [4.78, 5) is 0.106. The predicted octanol–water partition coefficient (Wildman–Crippen LogP) is 4.51. The average Bonchev–Trinajstić information content (AvgIpc) is 3.29. The molecule has 3 rings (SSSR count). The summed E-state index contributed by atoms with van der Waals surface area (Å²) in [6.07, 6.45) is 2.33. The first kappa shape index (κ1) is 14.5. The Morgan fingerprint density at radius 2 is 1.67 bits per heavy atom. The molecule has 1 aliphatic rings. The molecule has 0 spiro atoms. The Kier molecular flexibility index (Phi) is 4.56. The maximum atomic E-state index is 14.1. The fourth-order valence-electron chi connectivity index (χ4n) is 2.13. The number of thioether (sulfide) groups is 1. The van der Waals surface area contributed by atoms with Gasteiger partial charge in [0.2, 0.25) is 0 Å². The highest BCUT2D eigenvalue weighted by atomic mass is 32.2. The van der Waals surface area contributed by atoms with E-state index in [1.807, 2.05) is 30.3 Å². The first-order valence-electron chi connectivity index (χ1n) is 7.10. The van der Waals surface area contributed by atoms with Gasteiger partial charge in [-0.05, 0) is 36.1 Å². The number of benzene rings is 2. The van der Waals surface area contributed by atoms with Gasteiger partial charge in [-0.2, -0.15) is 0 Å². The van der Waals surface area contributed by atoms with Crippen molar-refractivity contribution < 1.29 is 8.78 Å².